The van der Waals surface area contributed by atoms with Crippen molar-refractivity contribution in [2.45, 2.75) is 6.92 Å². The maximum Gasteiger partial charge on any atom is 0.340 e. The van der Waals surface area contributed by atoms with Gasteiger partial charge >= 0.3 is 5.97 Å². The zero-order valence-corrected chi connectivity index (χ0v) is 8.95. The molecule has 0 aliphatic heterocycles. The molecular weight excluding hydrogens is 194 g/mol. The van der Waals surface area contributed by atoms with Gasteiger partial charge in [-0.15, -0.1) is 0 Å². The minimum atomic E-state index is -0.400. The van der Waals surface area contributed by atoms with Crippen LogP contribution in [-0.2, 0) is 9.47 Å². The Balaban J connectivity index is 2.73. The van der Waals surface area contributed by atoms with Crippen LogP contribution in [0.15, 0.2) is 18.2 Å². The van der Waals surface area contributed by atoms with E-state index in [1.807, 2.05) is 13.0 Å². The van der Waals surface area contributed by atoms with Gasteiger partial charge < -0.3 is 15.2 Å². The molecule has 0 spiro atoms. The predicted octanol–water partition coefficient (Wildman–Crippen LogP) is 1.38. The van der Waals surface area contributed by atoms with E-state index in [1.165, 1.54) is 0 Å². The Bertz CT molecular complexity index is 329. The Hall–Kier alpha value is -1.55. The van der Waals surface area contributed by atoms with E-state index in [4.69, 9.17) is 15.2 Å². The summed E-state index contributed by atoms with van der Waals surface area (Å²) in [6.07, 6.45) is 0. The van der Waals surface area contributed by atoms with Gasteiger partial charge in [-0.05, 0) is 18.6 Å². The topological polar surface area (TPSA) is 61.5 Å². The summed E-state index contributed by atoms with van der Waals surface area (Å²) in [6.45, 7) is 2.45. The molecule has 0 unspecified atom stereocenters. The van der Waals surface area contributed by atoms with Gasteiger partial charge in [-0.25, -0.2) is 4.79 Å². The Morgan fingerprint density at radius 1 is 1.40 bits per heavy atom. The van der Waals surface area contributed by atoms with Gasteiger partial charge in [-0.1, -0.05) is 12.1 Å². The van der Waals surface area contributed by atoms with Crippen molar-refractivity contribution in [2.75, 3.05) is 26.1 Å². The van der Waals surface area contributed by atoms with Crippen molar-refractivity contribution in [1.82, 2.24) is 0 Å². The number of hydrogen-bond acceptors (Lipinski definition) is 4. The molecule has 15 heavy (non-hydrogen) atoms. The van der Waals surface area contributed by atoms with Crippen molar-refractivity contribution in [2.24, 2.45) is 0 Å². The third-order valence-electron chi connectivity index (χ3n) is 2.03. The second kappa shape index (κ2) is 5.36. The molecule has 0 bridgehead atoms. The Morgan fingerprint density at radius 3 is 2.73 bits per heavy atom. The quantitative estimate of drug-likeness (QED) is 0.462. The third-order valence-corrected chi connectivity index (χ3v) is 2.03. The number of nitrogen functional groups attached to an aromatic ring is 1. The highest BCUT2D eigenvalue weighted by atomic mass is 16.6. The fourth-order valence-electron chi connectivity index (χ4n) is 1.26. The molecule has 82 valence electrons. The first-order valence-electron chi connectivity index (χ1n) is 4.68. The summed E-state index contributed by atoms with van der Waals surface area (Å²) in [4.78, 5) is 11.6. The lowest BCUT2D eigenvalue weighted by molar-refractivity contribution is 0.0388. The predicted molar refractivity (Wildman–Crippen MR) is 57.7 cm³/mol. The maximum absolute atomic E-state index is 11.6. The Kier molecular flexibility index (Phi) is 4.12. The summed E-state index contributed by atoms with van der Waals surface area (Å²) in [7, 11) is 1.55. The maximum atomic E-state index is 11.6. The first-order valence-corrected chi connectivity index (χ1v) is 4.68. The molecule has 0 fully saturated rings. The zero-order valence-electron chi connectivity index (χ0n) is 8.95. The fraction of sp³-hybridized carbons (Fsp3) is 0.364. The van der Waals surface area contributed by atoms with Crippen molar-refractivity contribution in [3.63, 3.8) is 0 Å². The van der Waals surface area contributed by atoms with Gasteiger partial charge in [0.2, 0.25) is 0 Å². The van der Waals surface area contributed by atoms with Crippen molar-refractivity contribution in [1.29, 1.82) is 0 Å². The van der Waals surface area contributed by atoms with Crippen molar-refractivity contribution in [3.05, 3.63) is 29.3 Å². The van der Waals surface area contributed by atoms with Gasteiger partial charge in [0.25, 0.3) is 0 Å². The van der Waals surface area contributed by atoms with Crippen LogP contribution in [-0.4, -0.2) is 26.3 Å². The van der Waals surface area contributed by atoms with Crippen LogP contribution >= 0.6 is 0 Å². The molecule has 0 heterocycles. The second-order valence-electron chi connectivity index (χ2n) is 3.17. The Labute approximate surface area is 89.0 Å². The average Bonchev–Trinajstić information content (AvgIpc) is 2.18. The van der Waals surface area contributed by atoms with Crippen LogP contribution in [0.2, 0.25) is 0 Å². The van der Waals surface area contributed by atoms with Gasteiger partial charge in [-0.3, -0.25) is 0 Å². The summed E-state index contributed by atoms with van der Waals surface area (Å²) in [6, 6.07) is 5.31. The van der Waals surface area contributed by atoms with Crippen LogP contribution in [0.4, 0.5) is 5.69 Å². The minimum absolute atomic E-state index is 0.239. The van der Waals surface area contributed by atoms with Gasteiger partial charge in [0, 0.05) is 12.8 Å². The summed E-state index contributed by atoms with van der Waals surface area (Å²) in [5, 5.41) is 0. The molecule has 0 amide bonds. The van der Waals surface area contributed by atoms with E-state index in [1.54, 1.807) is 19.2 Å². The highest BCUT2D eigenvalue weighted by molar-refractivity contribution is 5.96. The standard InChI is InChI=1S/C11H15NO3/c1-8-4-3-5-9(12)10(8)11(13)15-7-6-14-2/h3-5H,6-7,12H2,1-2H3. The van der Waals surface area contributed by atoms with Crippen molar-refractivity contribution < 1.29 is 14.3 Å². The smallest absolute Gasteiger partial charge is 0.340 e. The minimum Gasteiger partial charge on any atom is -0.460 e. The van der Waals surface area contributed by atoms with Crippen LogP contribution in [0.1, 0.15) is 15.9 Å². The number of esters is 1. The number of benzene rings is 1. The summed E-state index contributed by atoms with van der Waals surface area (Å²) < 4.78 is 9.77. The van der Waals surface area contributed by atoms with Crippen molar-refractivity contribution >= 4 is 11.7 Å². The molecule has 1 aromatic carbocycles. The molecule has 0 radical (unpaired) electrons. The van der Waals surface area contributed by atoms with Gasteiger partial charge in [0.05, 0.1) is 12.2 Å². The van der Waals surface area contributed by atoms with E-state index >= 15 is 0 Å². The number of rotatable bonds is 4. The summed E-state index contributed by atoms with van der Waals surface area (Å²) in [5.41, 5.74) is 7.39. The van der Waals surface area contributed by atoms with E-state index < -0.39 is 5.97 Å². The lowest BCUT2D eigenvalue weighted by Crippen LogP contribution is -2.13. The normalized spacial score (nSPS) is 10.0. The van der Waals surface area contributed by atoms with Crippen LogP contribution in [0.5, 0.6) is 0 Å². The summed E-state index contributed by atoms with van der Waals surface area (Å²) >= 11 is 0. The highest BCUT2D eigenvalue weighted by Crippen LogP contribution is 2.17. The largest absolute Gasteiger partial charge is 0.460 e. The molecule has 0 atom stereocenters. The number of carbonyl (C=O) groups excluding carboxylic acids is 1. The molecule has 2 N–H and O–H groups in total. The molecule has 0 saturated carbocycles. The zero-order chi connectivity index (χ0) is 11.3. The molecule has 0 saturated heterocycles. The van der Waals surface area contributed by atoms with E-state index in [9.17, 15) is 4.79 Å². The summed E-state index contributed by atoms with van der Waals surface area (Å²) in [5.74, 6) is -0.400. The molecule has 0 aliphatic carbocycles. The number of methoxy groups -OCH3 is 1. The van der Waals surface area contributed by atoms with E-state index in [-0.39, 0.29) is 6.61 Å². The number of carbonyl (C=O) groups is 1. The second-order valence-corrected chi connectivity index (χ2v) is 3.17. The van der Waals surface area contributed by atoms with Crippen LogP contribution in [0.3, 0.4) is 0 Å². The van der Waals surface area contributed by atoms with E-state index in [0.29, 0.717) is 17.9 Å². The SMILES string of the molecule is COCCOC(=O)c1c(C)cccc1N. The van der Waals surface area contributed by atoms with Gasteiger partial charge in [0.1, 0.15) is 6.61 Å². The Morgan fingerprint density at radius 2 is 2.13 bits per heavy atom. The third kappa shape index (κ3) is 2.95. The molecule has 1 aromatic rings. The lowest BCUT2D eigenvalue weighted by Gasteiger charge is -2.08. The number of hydrogen-bond donors (Lipinski definition) is 1. The number of anilines is 1. The molecular formula is C11H15NO3. The number of aryl methyl sites for hydroxylation is 1. The first-order chi connectivity index (χ1) is 7.16. The number of nitrogens with two attached hydrogens (primary N) is 1. The molecule has 0 aliphatic rings. The van der Waals surface area contributed by atoms with Crippen LogP contribution in [0, 0.1) is 6.92 Å². The van der Waals surface area contributed by atoms with Gasteiger partial charge in [0.15, 0.2) is 0 Å². The number of ether oxygens (including phenoxy) is 2. The van der Waals surface area contributed by atoms with E-state index in [2.05, 4.69) is 0 Å². The first kappa shape index (κ1) is 11.5. The van der Waals surface area contributed by atoms with E-state index in [0.717, 1.165) is 5.56 Å². The highest BCUT2D eigenvalue weighted by Gasteiger charge is 2.13. The fourth-order valence-corrected chi connectivity index (χ4v) is 1.26. The molecule has 0 aromatic heterocycles. The van der Waals surface area contributed by atoms with Crippen LogP contribution in [0.25, 0.3) is 0 Å². The molecule has 1 rings (SSSR count). The average molecular weight is 209 g/mol. The van der Waals surface area contributed by atoms with Crippen LogP contribution < -0.4 is 5.73 Å². The van der Waals surface area contributed by atoms with Crippen molar-refractivity contribution in [3.8, 4) is 0 Å². The van der Waals surface area contributed by atoms with Gasteiger partial charge in [-0.2, -0.15) is 0 Å². The lowest BCUT2D eigenvalue weighted by atomic mass is 10.1. The molecule has 4 nitrogen and oxygen atoms in total. The monoisotopic (exact) mass is 209 g/mol. The molecule has 4 heteroatoms.